The van der Waals surface area contributed by atoms with Gasteiger partial charge in [0.25, 0.3) is 0 Å². The van der Waals surface area contributed by atoms with E-state index in [9.17, 15) is 14.0 Å². The molecule has 0 aliphatic carbocycles. The Morgan fingerprint density at radius 1 is 1.17 bits per heavy atom. The highest BCUT2D eigenvalue weighted by atomic mass is 35.5. The number of ether oxygens (including phenoxy) is 1. The summed E-state index contributed by atoms with van der Waals surface area (Å²) < 4.78 is 54.7. The standard InChI is InChI=1S/C32H27Cl2F3N8OS/c1-16-20(12-38)24-18(4-5-22(36)28(24)47-16)25-21(33)10-19-27(26(25)37)39-31(46-15-32-6-2-8-44(32)13-17(35)11-32)40-30(19)43-7-3-9-45-23(14-43)29(34)41-42-45/h4-5,10,17H,2-3,6-9,11,13-15H2,1H3/t17-,32+/m1/s1. The topological polar surface area (TPSA) is 96.0 Å². The maximum atomic E-state index is 17.0. The van der Waals surface area contributed by atoms with E-state index in [0.29, 0.717) is 59.6 Å². The Balaban J connectivity index is 1.30. The highest BCUT2D eigenvalue weighted by molar-refractivity contribution is 7.19. The van der Waals surface area contributed by atoms with Crippen LogP contribution in [0.4, 0.5) is 19.0 Å². The lowest BCUT2D eigenvalue weighted by molar-refractivity contribution is 0.107. The van der Waals surface area contributed by atoms with Gasteiger partial charge >= 0.3 is 6.01 Å². The lowest BCUT2D eigenvalue weighted by Gasteiger charge is -2.31. The molecule has 3 aliphatic heterocycles. The molecule has 2 saturated heterocycles. The summed E-state index contributed by atoms with van der Waals surface area (Å²) in [4.78, 5) is 14.0. The quantitative estimate of drug-likeness (QED) is 0.190. The Hall–Kier alpha value is -3.70. The van der Waals surface area contributed by atoms with Crippen molar-refractivity contribution in [3.05, 3.63) is 56.1 Å². The Morgan fingerprint density at radius 2 is 2.02 bits per heavy atom. The number of aryl methyl sites for hydroxylation is 2. The molecular formula is C32H27Cl2F3N8OS. The third kappa shape index (κ3) is 4.91. The van der Waals surface area contributed by atoms with Crippen LogP contribution in [-0.4, -0.2) is 67.8 Å². The van der Waals surface area contributed by atoms with E-state index in [-0.39, 0.29) is 56.2 Å². The number of hydrogen-bond donors (Lipinski definition) is 0. The Morgan fingerprint density at radius 3 is 2.85 bits per heavy atom. The molecule has 0 radical (unpaired) electrons. The van der Waals surface area contributed by atoms with Crippen LogP contribution in [0.5, 0.6) is 6.01 Å². The normalized spacial score (nSPS) is 21.3. The minimum atomic E-state index is -0.943. The second kappa shape index (κ2) is 11.5. The third-order valence-electron chi connectivity index (χ3n) is 9.65. The number of aromatic nitrogens is 5. The Bertz CT molecular complexity index is 2130. The zero-order chi connectivity index (χ0) is 32.6. The summed E-state index contributed by atoms with van der Waals surface area (Å²) in [5.74, 6) is -0.883. The molecular weight excluding hydrogens is 672 g/mol. The maximum Gasteiger partial charge on any atom is 0.319 e. The first-order valence-corrected chi connectivity index (χ1v) is 16.9. The summed E-state index contributed by atoms with van der Waals surface area (Å²) in [6.07, 6.45) is 1.81. The van der Waals surface area contributed by atoms with Gasteiger partial charge in [0.05, 0.1) is 33.1 Å². The number of anilines is 1. The Labute approximate surface area is 281 Å². The van der Waals surface area contributed by atoms with E-state index in [1.165, 1.54) is 12.1 Å². The molecule has 5 aromatic rings. The van der Waals surface area contributed by atoms with Crippen LogP contribution in [0.1, 0.15) is 41.8 Å². The molecule has 2 atom stereocenters. The van der Waals surface area contributed by atoms with Gasteiger partial charge in [0.15, 0.2) is 11.0 Å². The molecule has 2 aromatic carbocycles. The van der Waals surface area contributed by atoms with Gasteiger partial charge in [-0.1, -0.05) is 34.5 Å². The zero-order valence-corrected chi connectivity index (χ0v) is 27.5. The van der Waals surface area contributed by atoms with Gasteiger partial charge in [-0.15, -0.1) is 16.4 Å². The average molecular weight is 700 g/mol. The van der Waals surface area contributed by atoms with Gasteiger partial charge in [-0.05, 0) is 50.4 Å². The van der Waals surface area contributed by atoms with Crippen LogP contribution in [0.3, 0.4) is 0 Å². The molecule has 8 rings (SSSR count). The van der Waals surface area contributed by atoms with Crippen molar-refractivity contribution >= 4 is 61.3 Å². The first-order chi connectivity index (χ1) is 22.7. The molecule has 0 N–H and O–H groups in total. The van der Waals surface area contributed by atoms with Crippen molar-refractivity contribution in [3.8, 4) is 23.2 Å². The van der Waals surface area contributed by atoms with Gasteiger partial charge in [-0.3, -0.25) is 4.90 Å². The summed E-state index contributed by atoms with van der Waals surface area (Å²) >= 11 is 14.4. The van der Waals surface area contributed by atoms with Gasteiger partial charge in [-0.2, -0.15) is 15.2 Å². The summed E-state index contributed by atoms with van der Waals surface area (Å²) in [7, 11) is 0. The van der Waals surface area contributed by atoms with Crippen molar-refractivity contribution in [3.63, 3.8) is 0 Å². The van der Waals surface area contributed by atoms with E-state index in [4.69, 9.17) is 32.9 Å². The average Bonchev–Trinajstić information content (AvgIpc) is 3.73. The summed E-state index contributed by atoms with van der Waals surface area (Å²) in [5, 5.41) is 19.0. The smallest absolute Gasteiger partial charge is 0.319 e. The van der Waals surface area contributed by atoms with Crippen LogP contribution in [0.15, 0.2) is 18.2 Å². The molecule has 2 fully saturated rings. The van der Waals surface area contributed by atoms with E-state index in [2.05, 4.69) is 26.3 Å². The maximum absolute atomic E-state index is 17.0. The second-order valence-electron chi connectivity index (χ2n) is 12.4. The van der Waals surface area contributed by atoms with Crippen molar-refractivity contribution < 1.29 is 17.9 Å². The number of benzene rings is 2. The van der Waals surface area contributed by atoms with E-state index in [0.717, 1.165) is 30.7 Å². The minimum absolute atomic E-state index is 0.00752. The molecule has 47 heavy (non-hydrogen) atoms. The van der Waals surface area contributed by atoms with Gasteiger partial charge in [0.1, 0.15) is 36.0 Å². The lowest BCUT2D eigenvalue weighted by Crippen LogP contribution is -2.43. The van der Waals surface area contributed by atoms with Crippen molar-refractivity contribution in [2.75, 3.05) is 31.1 Å². The number of alkyl halides is 1. The van der Waals surface area contributed by atoms with Crippen molar-refractivity contribution in [2.24, 2.45) is 0 Å². The summed E-state index contributed by atoms with van der Waals surface area (Å²) in [5.41, 5.74) is 0.702. The van der Waals surface area contributed by atoms with Crippen LogP contribution >= 0.6 is 34.5 Å². The molecule has 0 amide bonds. The predicted molar refractivity (Wildman–Crippen MR) is 174 cm³/mol. The molecule has 0 bridgehead atoms. The van der Waals surface area contributed by atoms with Crippen molar-refractivity contribution in [1.29, 1.82) is 5.26 Å². The zero-order valence-electron chi connectivity index (χ0n) is 25.2. The van der Waals surface area contributed by atoms with Gasteiger partial charge in [0.2, 0.25) is 0 Å². The summed E-state index contributed by atoms with van der Waals surface area (Å²) in [6, 6.07) is 6.37. The highest BCUT2D eigenvalue weighted by Crippen LogP contribution is 2.45. The first-order valence-electron chi connectivity index (χ1n) is 15.3. The molecule has 15 heteroatoms. The number of rotatable bonds is 5. The SMILES string of the molecule is Cc1sc2c(F)ccc(-c3c(Cl)cc4c(N5CCCn6nnc(Cl)c6C5)nc(OC[C@@]56CCCN5C[C@H](F)C6)nc4c3F)c2c1C#N. The third-order valence-corrected chi connectivity index (χ3v) is 11.4. The molecule has 242 valence electrons. The fraction of sp³-hybridized carbons (Fsp3) is 0.406. The van der Waals surface area contributed by atoms with Crippen LogP contribution in [0.2, 0.25) is 10.2 Å². The van der Waals surface area contributed by atoms with E-state index >= 15 is 4.39 Å². The number of nitrogens with zero attached hydrogens (tertiary/aromatic N) is 8. The molecule has 0 spiro atoms. The fourth-order valence-electron chi connectivity index (χ4n) is 7.48. The Kier molecular flexibility index (Phi) is 7.48. The minimum Gasteiger partial charge on any atom is -0.461 e. The summed E-state index contributed by atoms with van der Waals surface area (Å²) in [6.45, 7) is 4.44. The molecule has 9 nitrogen and oxygen atoms in total. The van der Waals surface area contributed by atoms with Crippen LogP contribution in [0.25, 0.3) is 32.1 Å². The largest absolute Gasteiger partial charge is 0.461 e. The van der Waals surface area contributed by atoms with E-state index < -0.39 is 23.3 Å². The van der Waals surface area contributed by atoms with Crippen molar-refractivity contribution in [2.45, 2.75) is 57.4 Å². The van der Waals surface area contributed by atoms with E-state index in [1.807, 2.05) is 4.90 Å². The second-order valence-corrected chi connectivity index (χ2v) is 14.4. The van der Waals surface area contributed by atoms with Crippen molar-refractivity contribution in [1.82, 2.24) is 29.9 Å². The highest BCUT2D eigenvalue weighted by Gasteiger charge is 2.49. The number of halogens is 5. The predicted octanol–water partition coefficient (Wildman–Crippen LogP) is 7.23. The van der Waals surface area contributed by atoms with Gasteiger partial charge < -0.3 is 9.64 Å². The number of fused-ring (bicyclic) bond motifs is 4. The number of thiophene rings is 1. The van der Waals surface area contributed by atoms with E-state index in [1.54, 1.807) is 17.7 Å². The molecule has 0 saturated carbocycles. The number of hydrogen-bond acceptors (Lipinski definition) is 9. The molecule has 6 heterocycles. The van der Waals surface area contributed by atoms with Crippen LogP contribution in [-0.2, 0) is 13.1 Å². The van der Waals surface area contributed by atoms with Gasteiger partial charge in [0, 0.05) is 47.3 Å². The number of nitriles is 1. The molecule has 3 aromatic heterocycles. The van der Waals surface area contributed by atoms with Crippen LogP contribution in [0, 0.1) is 29.9 Å². The molecule has 0 unspecified atom stereocenters. The lowest BCUT2D eigenvalue weighted by atomic mass is 9.95. The molecule has 3 aliphatic rings. The first kappa shape index (κ1) is 30.6. The fourth-order valence-corrected chi connectivity index (χ4v) is 9.00. The van der Waals surface area contributed by atoms with Gasteiger partial charge in [-0.25, -0.2) is 17.9 Å². The van der Waals surface area contributed by atoms with Crippen LogP contribution < -0.4 is 9.64 Å². The monoisotopic (exact) mass is 698 g/mol.